The number of hydrogen-bond acceptors (Lipinski definition) is 4. The molecule has 2 aliphatic rings. The zero-order valence-electron chi connectivity index (χ0n) is 15.8. The van der Waals surface area contributed by atoms with Crippen molar-refractivity contribution in [1.82, 2.24) is 5.43 Å². The highest BCUT2D eigenvalue weighted by molar-refractivity contribution is 6.02. The van der Waals surface area contributed by atoms with Gasteiger partial charge in [0.15, 0.2) is 5.60 Å². The van der Waals surface area contributed by atoms with Gasteiger partial charge in [-0.05, 0) is 52.2 Å². The molecule has 2 unspecified atom stereocenters. The first-order valence-corrected chi connectivity index (χ1v) is 8.71. The summed E-state index contributed by atoms with van der Waals surface area (Å²) >= 11 is 0. The average molecular weight is 342 g/mol. The van der Waals surface area contributed by atoms with E-state index in [1.807, 2.05) is 59.7 Å². The van der Waals surface area contributed by atoms with Crippen LogP contribution in [0.25, 0.3) is 0 Å². The molecule has 1 N–H and O–H groups in total. The third-order valence-electron chi connectivity index (χ3n) is 6.56. The van der Waals surface area contributed by atoms with Crippen molar-refractivity contribution in [3.05, 3.63) is 34.9 Å². The average Bonchev–Trinajstić information content (AvgIpc) is 2.85. The molecule has 5 nitrogen and oxygen atoms in total. The Hall–Kier alpha value is -2.17. The molecule has 1 aromatic rings. The predicted molar refractivity (Wildman–Crippen MR) is 96.2 cm³/mol. The van der Waals surface area contributed by atoms with Gasteiger partial charge in [0.2, 0.25) is 0 Å². The predicted octanol–water partition coefficient (Wildman–Crippen LogP) is 3.27. The van der Waals surface area contributed by atoms with Crippen LogP contribution >= 0.6 is 0 Å². The summed E-state index contributed by atoms with van der Waals surface area (Å²) in [5, 5.41) is 4.29. The molecule has 1 heterocycles. The molecular formula is C20H26N2O3. The quantitative estimate of drug-likeness (QED) is 0.521. The topological polar surface area (TPSA) is 67.8 Å². The molecule has 2 bridgehead atoms. The van der Waals surface area contributed by atoms with Crippen LogP contribution in [0.15, 0.2) is 23.3 Å². The first-order chi connectivity index (χ1) is 11.5. The lowest BCUT2D eigenvalue weighted by molar-refractivity contribution is -0.168. The molecule has 5 heteroatoms. The Bertz CT molecular complexity index is 796. The number of benzene rings is 1. The van der Waals surface area contributed by atoms with Crippen LogP contribution in [0.4, 0.5) is 0 Å². The Kier molecular flexibility index (Phi) is 3.82. The number of ether oxygens (including phenoxy) is 1. The molecule has 0 spiro atoms. The Balaban J connectivity index is 1.86. The van der Waals surface area contributed by atoms with Gasteiger partial charge in [-0.25, -0.2) is 5.43 Å². The van der Waals surface area contributed by atoms with Crippen molar-refractivity contribution >= 4 is 17.6 Å². The lowest BCUT2D eigenvalue weighted by Crippen LogP contribution is -2.52. The molecule has 2 fully saturated rings. The van der Waals surface area contributed by atoms with E-state index in [1.54, 1.807) is 0 Å². The summed E-state index contributed by atoms with van der Waals surface area (Å²) in [5.41, 5.74) is 4.30. The highest BCUT2D eigenvalue weighted by Crippen LogP contribution is 2.65. The van der Waals surface area contributed by atoms with Crippen LogP contribution in [0.1, 0.15) is 57.2 Å². The van der Waals surface area contributed by atoms with E-state index in [0.29, 0.717) is 12.8 Å². The summed E-state index contributed by atoms with van der Waals surface area (Å²) in [6.07, 6.45) is 1.19. The van der Waals surface area contributed by atoms with Crippen molar-refractivity contribution in [2.45, 2.75) is 60.0 Å². The van der Waals surface area contributed by atoms with Crippen molar-refractivity contribution in [3.8, 4) is 0 Å². The van der Waals surface area contributed by atoms with E-state index in [0.717, 1.165) is 22.4 Å². The van der Waals surface area contributed by atoms with Gasteiger partial charge in [0.1, 0.15) is 0 Å². The number of nitrogens with zero attached hydrogens (tertiary/aromatic N) is 1. The summed E-state index contributed by atoms with van der Waals surface area (Å²) < 4.78 is 5.59. The van der Waals surface area contributed by atoms with Gasteiger partial charge in [0.05, 0.1) is 11.1 Å². The largest absolute Gasteiger partial charge is 0.448 e. The SMILES string of the molecule is C/C(=N\NC(=O)C12CCC(C)(C(=O)O1)C2(C)C)c1cc(C)ccc1C. The van der Waals surface area contributed by atoms with Gasteiger partial charge < -0.3 is 4.74 Å². The second-order valence-corrected chi connectivity index (χ2v) is 8.13. The van der Waals surface area contributed by atoms with Gasteiger partial charge >= 0.3 is 5.97 Å². The van der Waals surface area contributed by atoms with Crippen LogP contribution < -0.4 is 5.43 Å². The zero-order chi connectivity index (χ0) is 18.6. The molecular weight excluding hydrogens is 316 g/mol. The fourth-order valence-electron chi connectivity index (χ4n) is 4.16. The lowest BCUT2D eigenvalue weighted by Gasteiger charge is -2.34. The van der Waals surface area contributed by atoms with Gasteiger partial charge in [0.25, 0.3) is 5.91 Å². The number of carbonyl (C=O) groups excluding carboxylic acids is 2. The summed E-state index contributed by atoms with van der Waals surface area (Å²) in [6, 6.07) is 6.13. The van der Waals surface area contributed by atoms with E-state index in [9.17, 15) is 9.59 Å². The third kappa shape index (κ3) is 2.25. The highest BCUT2D eigenvalue weighted by Gasteiger charge is 2.75. The minimum atomic E-state index is -1.13. The minimum Gasteiger partial charge on any atom is -0.448 e. The number of rotatable bonds is 3. The molecule has 25 heavy (non-hydrogen) atoms. The smallest absolute Gasteiger partial charge is 0.313 e. The minimum absolute atomic E-state index is 0.283. The van der Waals surface area contributed by atoms with Gasteiger partial charge in [-0.15, -0.1) is 0 Å². The molecule has 2 atom stereocenters. The molecule has 3 rings (SSSR count). The van der Waals surface area contributed by atoms with Crippen LogP contribution in [0.3, 0.4) is 0 Å². The Labute approximate surface area is 148 Å². The number of hydrogen-bond donors (Lipinski definition) is 1. The maximum absolute atomic E-state index is 12.9. The van der Waals surface area contributed by atoms with Crippen LogP contribution in [-0.2, 0) is 14.3 Å². The van der Waals surface area contributed by atoms with Crippen molar-refractivity contribution in [3.63, 3.8) is 0 Å². The molecule has 1 aromatic carbocycles. The number of hydrazone groups is 1. The van der Waals surface area contributed by atoms with Crippen molar-refractivity contribution in [1.29, 1.82) is 0 Å². The second kappa shape index (κ2) is 5.41. The van der Waals surface area contributed by atoms with E-state index in [2.05, 4.69) is 10.5 Å². The first-order valence-electron chi connectivity index (χ1n) is 8.71. The number of amides is 1. The number of aryl methyl sites for hydroxylation is 2. The van der Waals surface area contributed by atoms with Gasteiger partial charge in [-0.1, -0.05) is 31.5 Å². The zero-order valence-corrected chi connectivity index (χ0v) is 15.8. The fourth-order valence-corrected chi connectivity index (χ4v) is 4.16. The van der Waals surface area contributed by atoms with E-state index in [-0.39, 0.29) is 11.9 Å². The van der Waals surface area contributed by atoms with E-state index in [4.69, 9.17) is 4.74 Å². The molecule has 134 valence electrons. The maximum atomic E-state index is 12.9. The molecule has 1 aliphatic carbocycles. The normalized spacial score (nSPS) is 30.3. The molecule has 1 saturated carbocycles. The van der Waals surface area contributed by atoms with Crippen LogP contribution in [0, 0.1) is 24.7 Å². The summed E-state index contributed by atoms with van der Waals surface area (Å²) in [6.45, 7) is 11.7. The van der Waals surface area contributed by atoms with E-state index < -0.39 is 16.4 Å². The molecule has 0 radical (unpaired) electrons. The molecule has 1 amide bonds. The summed E-state index contributed by atoms with van der Waals surface area (Å²) in [4.78, 5) is 25.2. The third-order valence-corrected chi connectivity index (χ3v) is 6.56. The van der Waals surface area contributed by atoms with Gasteiger partial charge in [-0.2, -0.15) is 5.10 Å². The fraction of sp³-hybridized carbons (Fsp3) is 0.550. The molecule has 1 saturated heterocycles. The number of nitrogens with one attached hydrogen (secondary N) is 1. The van der Waals surface area contributed by atoms with E-state index >= 15 is 0 Å². The van der Waals surface area contributed by atoms with Crippen LogP contribution in [-0.4, -0.2) is 23.2 Å². The Morgan fingerprint density at radius 2 is 1.88 bits per heavy atom. The van der Waals surface area contributed by atoms with Crippen molar-refractivity contribution in [2.75, 3.05) is 0 Å². The first kappa shape index (κ1) is 17.6. The van der Waals surface area contributed by atoms with Gasteiger partial charge in [-0.3, -0.25) is 9.59 Å². The lowest BCUT2D eigenvalue weighted by atomic mass is 9.66. The van der Waals surface area contributed by atoms with Gasteiger partial charge in [0, 0.05) is 11.0 Å². The Morgan fingerprint density at radius 3 is 2.44 bits per heavy atom. The standard InChI is InChI=1S/C20H26N2O3/c1-12-7-8-13(2)15(11-12)14(3)21-22-16(23)20-10-9-19(6,17(24)25-20)18(20,4)5/h7-8,11H,9-10H2,1-6H3,(H,22,23)/b21-14+. The summed E-state index contributed by atoms with van der Waals surface area (Å²) in [7, 11) is 0. The van der Waals surface area contributed by atoms with Crippen LogP contribution in [0.2, 0.25) is 0 Å². The van der Waals surface area contributed by atoms with Crippen LogP contribution in [0.5, 0.6) is 0 Å². The highest BCUT2D eigenvalue weighted by atomic mass is 16.6. The molecule has 0 aromatic heterocycles. The molecule has 1 aliphatic heterocycles. The summed E-state index contributed by atoms with van der Waals surface area (Å²) in [5.74, 6) is -0.620. The number of esters is 1. The maximum Gasteiger partial charge on any atom is 0.313 e. The number of carbonyl (C=O) groups is 2. The Morgan fingerprint density at radius 1 is 1.20 bits per heavy atom. The van der Waals surface area contributed by atoms with Crippen molar-refractivity contribution in [2.24, 2.45) is 15.9 Å². The number of fused-ring (bicyclic) bond motifs is 2. The second-order valence-electron chi connectivity index (χ2n) is 8.13. The van der Waals surface area contributed by atoms with E-state index in [1.165, 1.54) is 0 Å². The monoisotopic (exact) mass is 342 g/mol. The van der Waals surface area contributed by atoms with Crippen molar-refractivity contribution < 1.29 is 14.3 Å².